The molecule has 1 heterocycles. The van der Waals surface area contributed by atoms with Gasteiger partial charge in [0, 0.05) is 10.1 Å². The molecule has 0 unspecified atom stereocenters. The highest BCUT2D eigenvalue weighted by Gasteiger charge is 2.20. The SMILES string of the molecule is COC(=O)c1cccc(NC(=O)c2sc3cc(F)ccc3c2Cl)c1O. The first-order valence-electron chi connectivity index (χ1n) is 7.01. The summed E-state index contributed by atoms with van der Waals surface area (Å²) in [6.45, 7) is 0. The molecule has 0 saturated heterocycles. The number of thiophene rings is 1. The van der Waals surface area contributed by atoms with E-state index in [1.165, 1.54) is 43.5 Å². The molecule has 0 aliphatic heterocycles. The highest BCUT2D eigenvalue weighted by Crippen LogP contribution is 2.37. The minimum atomic E-state index is -0.732. The summed E-state index contributed by atoms with van der Waals surface area (Å²) in [5, 5.41) is 13.4. The molecule has 2 aromatic carbocycles. The third kappa shape index (κ3) is 3.16. The van der Waals surface area contributed by atoms with E-state index in [4.69, 9.17) is 11.6 Å². The van der Waals surface area contributed by atoms with Gasteiger partial charge in [0.1, 0.15) is 16.3 Å². The average molecular weight is 380 g/mol. The van der Waals surface area contributed by atoms with E-state index in [0.717, 1.165) is 11.3 Å². The van der Waals surface area contributed by atoms with Crippen molar-refractivity contribution < 1.29 is 23.8 Å². The summed E-state index contributed by atoms with van der Waals surface area (Å²) in [7, 11) is 1.18. The van der Waals surface area contributed by atoms with E-state index in [-0.39, 0.29) is 21.2 Å². The number of anilines is 1. The maximum absolute atomic E-state index is 13.3. The topological polar surface area (TPSA) is 75.6 Å². The highest BCUT2D eigenvalue weighted by atomic mass is 35.5. The predicted molar refractivity (Wildman–Crippen MR) is 94.2 cm³/mol. The van der Waals surface area contributed by atoms with Crippen molar-refractivity contribution in [3.8, 4) is 5.75 Å². The Morgan fingerprint density at radius 2 is 2.04 bits per heavy atom. The standard InChI is InChI=1S/C17H11ClFNO4S/c1-24-17(23)10-3-2-4-11(14(10)21)20-16(22)15-13(18)9-6-5-8(19)7-12(9)25-15/h2-7,21H,1H3,(H,20,22). The van der Waals surface area contributed by atoms with Gasteiger partial charge in [-0.25, -0.2) is 9.18 Å². The minimum absolute atomic E-state index is 0.0348. The molecular weight excluding hydrogens is 369 g/mol. The molecule has 5 nitrogen and oxygen atoms in total. The monoisotopic (exact) mass is 379 g/mol. The Labute approximate surface area is 150 Å². The molecule has 0 radical (unpaired) electrons. The Bertz CT molecular complexity index is 1000. The van der Waals surface area contributed by atoms with Gasteiger partial charge in [0.05, 0.1) is 17.8 Å². The molecule has 25 heavy (non-hydrogen) atoms. The number of halogens is 2. The fourth-order valence-corrected chi connectivity index (χ4v) is 3.72. The molecule has 0 spiro atoms. The number of phenolic OH excluding ortho intramolecular Hbond substituents is 1. The third-order valence-electron chi connectivity index (χ3n) is 3.49. The molecule has 128 valence electrons. The van der Waals surface area contributed by atoms with Crippen LogP contribution < -0.4 is 5.32 Å². The number of phenols is 1. The van der Waals surface area contributed by atoms with Crippen LogP contribution in [0.25, 0.3) is 10.1 Å². The lowest BCUT2D eigenvalue weighted by Crippen LogP contribution is -2.12. The first-order valence-corrected chi connectivity index (χ1v) is 8.21. The molecule has 8 heteroatoms. The molecule has 0 bridgehead atoms. The van der Waals surface area contributed by atoms with Crippen LogP contribution in [0.4, 0.5) is 10.1 Å². The number of carbonyl (C=O) groups is 2. The number of hydrogen-bond donors (Lipinski definition) is 2. The Kier molecular flexibility index (Phi) is 4.61. The maximum atomic E-state index is 13.3. The van der Waals surface area contributed by atoms with Gasteiger partial charge in [-0.1, -0.05) is 17.7 Å². The van der Waals surface area contributed by atoms with Crippen molar-refractivity contribution >= 4 is 50.6 Å². The molecule has 1 amide bonds. The van der Waals surface area contributed by atoms with Gasteiger partial charge in [-0.2, -0.15) is 0 Å². The predicted octanol–water partition coefficient (Wildman–Crippen LogP) is 4.44. The zero-order valence-electron chi connectivity index (χ0n) is 12.8. The number of ether oxygens (including phenoxy) is 1. The van der Waals surface area contributed by atoms with Gasteiger partial charge in [0.15, 0.2) is 5.75 Å². The molecule has 0 aliphatic rings. The van der Waals surface area contributed by atoms with Crippen LogP contribution in [0.15, 0.2) is 36.4 Å². The molecule has 0 saturated carbocycles. The van der Waals surface area contributed by atoms with Crippen LogP contribution in [0.5, 0.6) is 5.75 Å². The lowest BCUT2D eigenvalue weighted by molar-refractivity contribution is 0.0597. The lowest BCUT2D eigenvalue weighted by Gasteiger charge is -2.09. The number of methoxy groups -OCH3 is 1. The summed E-state index contributed by atoms with van der Waals surface area (Å²) < 4.78 is 18.4. The smallest absolute Gasteiger partial charge is 0.341 e. The van der Waals surface area contributed by atoms with Gasteiger partial charge in [0.2, 0.25) is 0 Å². The van der Waals surface area contributed by atoms with Gasteiger partial charge in [-0.05, 0) is 30.3 Å². The van der Waals surface area contributed by atoms with Crippen LogP contribution in [-0.2, 0) is 4.74 Å². The molecule has 3 aromatic rings. The van der Waals surface area contributed by atoms with Crippen LogP contribution in [0, 0.1) is 5.82 Å². The molecule has 0 fully saturated rings. The van der Waals surface area contributed by atoms with Crippen molar-refractivity contribution in [1.82, 2.24) is 0 Å². The van der Waals surface area contributed by atoms with Crippen LogP contribution in [0.2, 0.25) is 5.02 Å². The normalized spacial score (nSPS) is 10.7. The number of fused-ring (bicyclic) bond motifs is 1. The van der Waals surface area contributed by atoms with E-state index >= 15 is 0 Å². The van der Waals surface area contributed by atoms with E-state index in [1.807, 2.05) is 0 Å². The number of rotatable bonds is 3. The number of nitrogens with one attached hydrogen (secondary N) is 1. The Morgan fingerprint density at radius 1 is 1.28 bits per heavy atom. The van der Waals surface area contributed by atoms with Crippen molar-refractivity contribution in [1.29, 1.82) is 0 Å². The summed E-state index contributed by atoms with van der Waals surface area (Å²) in [4.78, 5) is 24.3. The van der Waals surface area contributed by atoms with Crippen molar-refractivity contribution in [3.05, 3.63) is 57.7 Å². The highest BCUT2D eigenvalue weighted by molar-refractivity contribution is 7.21. The number of para-hydroxylation sites is 1. The summed E-state index contributed by atoms with van der Waals surface area (Å²) in [5.41, 5.74) is -0.0441. The minimum Gasteiger partial charge on any atom is -0.505 e. The van der Waals surface area contributed by atoms with Gasteiger partial charge < -0.3 is 15.2 Å². The van der Waals surface area contributed by atoms with E-state index in [2.05, 4.69) is 10.1 Å². The quantitative estimate of drug-likeness (QED) is 0.521. The van der Waals surface area contributed by atoms with Crippen molar-refractivity contribution in [2.75, 3.05) is 12.4 Å². The van der Waals surface area contributed by atoms with Crippen molar-refractivity contribution in [2.24, 2.45) is 0 Å². The first-order chi connectivity index (χ1) is 11.9. The van der Waals surface area contributed by atoms with Crippen molar-refractivity contribution in [2.45, 2.75) is 0 Å². The zero-order chi connectivity index (χ0) is 18.1. The van der Waals surface area contributed by atoms with Gasteiger partial charge in [-0.3, -0.25) is 4.79 Å². The van der Waals surface area contributed by atoms with Crippen LogP contribution >= 0.6 is 22.9 Å². The van der Waals surface area contributed by atoms with Gasteiger partial charge in [0.25, 0.3) is 5.91 Å². The fourth-order valence-electron chi connectivity index (χ4n) is 2.28. The number of aromatic hydroxyl groups is 1. The van der Waals surface area contributed by atoms with Gasteiger partial charge in [-0.15, -0.1) is 11.3 Å². The zero-order valence-corrected chi connectivity index (χ0v) is 14.4. The first kappa shape index (κ1) is 17.2. The molecule has 1 aromatic heterocycles. The second kappa shape index (κ2) is 6.70. The molecule has 0 atom stereocenters. The number of esters is 1. The second-order valence-corrected chi connectivity index (χ2v) is 6.46. The number of amides is 1. The van der Waals surface area contributed by atoms with Crippen LogP contribution in [-0.4, -0.2) is 24.1 Å². The van der Waals surface area contributed by atoms with E-state index in [9.17, 15) is 19.1 Å². The Balaban J connectivity index is 1.96. The van der Waals surface area contributed by atoms with E-state index in [0.29, 0.717) is 10.1 Å². The average Bonchev–Trinajstić information content (AvgIpc) is 2.92. The maximum Gasteiger partial charge on any atom is 0.341 e. The number of carbonyl (C=O) groups excluding carboxylic acids is 2. The molecule has 3 rings (SSSR count). The molecular formula is C17H11ClFNO4S. The van der Waals surface area contributed by atoms with Crippen LogP contribution in [0.3, 0.4) is 0 Å². The number of hydrogen-bond acceptors (Lipinski definition) is 5. The number of benzene rings is 2. The Hall–Kier alpha value is -2.64. The molecule has 2 N–H and O–H groups in total. The van der Waals surface area contributed by atoms with Crippen molar-refractivity contribution in [3.63, 3.8) is 0 Å². The van der Waals surface area contributed by atoms with E-state index in [1.54, 1.807) is 0 Å². The Morgan fingerprint density at radius 3 is 2.76 bits per heavy atom. The second-order valence-electron chi connectivity index (χ2n) is 5.03. The summed E-state index contributed by atoms with van der Waals surface area (Å²) in [6.07, 6.45) is 0. The van der Waals surface area contributed by atoms with Gasteiger partial charge >= 0.3 is 5.97 Å². The third-order valence-corrected chi connectivity index (χ3v) is 5.14. The summed E-state index contributed by atoms with van der Waals surface area (Å²) in [5.74, 6) is -2.15. The van der Waals surface area contributed by atoms with E-state index < -0.39 is 23.4 Å². The fraction of sp³-hybridized carbons (Fsp3) is 0.0588. The summed E-state index contributed by atoms with van der Waals surface area (Å²) in [6, 6.07) is 8.33. The lowest BCUT2D eigenvalue weighted by atomic mass is 10.1. The summed E-state index contributed by atoms with van der Waals surface area (Å²) >= 11 is 7.23. The molecule has 0 aliphatic carbocycles. The van der Waals surface area contributed by atoms with Crippen LogP contribution in [0.1, 0.15) is 20.0 Å². The largest absolute Gasteiger partial charge is 0.505 e.